The maximum absolute atomic E-state index is 8.85. The molecular formula is C10H15N3O2. The fourth-order valence-corrected chi connectivity index (χ4v) is 1.43. The molecule has 2 rings (SSSR count). The second-order valence-corrected chi connectivity index (χ2v) is 3.43. The lowest BCUT2D eigenvalue weighted by Crippen LogP contribution is -2.45. The number of hydrogen-bond acceptors (Lipinski definition) is 5. The van der Waals surface area contributed by atoms with E-state index in [9.17, 15) is 0 Å². The zero-order valence-electron chi connectivity index (χ0n) is 8.52. The van der Waals surface area contributed by atoms with Crippen molar-refractivity contribution in [1.82, 2.24) is 15.4 Å². The topological polar surface area (TPSA) is 57.6 Å². The van der Waals surface area contributed by atoms with Crippen LogP contribution in [0.4, 0.5) is 0 Å². The lowest BCUT2D eigenvalue weighted by Gasteiger charge is -2.25. The molecule has 0 radical (unpaired) electrons. The van der Waals surface area contributed by atoms with E-state index < -0.39 is 0 Å². The van der Waals surface area contributed by atoms with Crippen molar-refractivity contribution in [3.05, 3.63) is 23.9 Å². The lowest BCUT2D eigenvalue weighted by atomic mass is 10.3. The monoisotopic (exact) mass is 209 g/mol. The minimum absolute atomic E-state index is 0.0148. The summed E-state index contributed by atoms with van der Waals surface area (Å²) in [5.74, 6) is 0.578. The Bertz CT molecular complexity index is 296. The molecule has 0 saturated carbocycles. The molecule has 15 heavy (non-hydrogen) atoms. The molecule has 1 aliphatic rings. The zero-order valence-corrected chi connectivity index (χ0v) is 8.52. The molecule has 5 nitrogen and oxygen atoms in total. The van der Waals surface area contributed by atoms with Gasteiger partial charge in [0.15, 0.2) is 0 Å². The number of aliphatic hydroxyl groups excluding tert-OH is 1. The van der Waals surface area contributed by atoms with E-state index in [1.165, 1.54) is 0 Å². The number of pyridine rings is 1. The SMILES string of the molecule is OCc1ccc(ON2CCNCC2)nc1. The molecule has 5 heteroatoms. The third-order valence-corrected chi connectivity index (χ3v) is 2.28. The molecule has 0 bridgehead atoms. The molecule has 82 valence electrons. The van der Waals surface area contributed by atoms with Crippen molar-refractivity contribution in [1.29, 1.82) is 0 Å². The molecule has 2 N–H and O–H groups in total. The number of nitrogens with one attached hydrogen (secondary N) is 1. The summed E-state index contributed by atoms with van der Waals surface area (Å²) in [6, 6.07) is 3.58. The van der Waals surface area contributed by atoms with Crippen LogP contribution >= 0.6 is 0 Å². The molecule has 0 amide bonds. The lowest BCUT2D eigenvalue weighted by molar-refractivity contribution is -0.0703. The van der Waals surface area contributed by atoms with E-state index >= 15 is 0 Å². The van der Waals surface area contributed by atoms with Crippen molar-refractivity contribution in [3.8, 4) is 5.88 Å². The van der Waals surface area contributed by atoms with Gasteiger partial charge in [0.25, 0.3) is 0 Å². The van der Waals surface area contributed by atoms with Gasteiger partial charge in [-0.1, -0.05) is 0 Å². The van der Waals surface area contributed by atoms with Gasteiger partial charge in [-0.2, -0.15) is 0 Å². The highest BCUT2D eigenvalue weighted by Gasteiger charge is 2.11. The molecule has 1 aromatic heterocycles. The van der Waals surface area contributed by atoms with Crippen LogP contribution < -0.4 is 10.2 Å². The molecule has 1 fully saturated rings. The van der Waals surface area contributed by atoms with Crippen molar-refractivity contribution in [2.75, 3.05) is 26.2 Å². The van der Waals surface area contributed by atoms with Crippen LogP contribution in [-0.2, 0) is 6.61 Å². The highest BCUT2D eigenvalue weighted by atomic mass is 16.7. The number of hydrogen-bond donors (Lipinski definition) is 2. The van der Waals surface area contributed by atoms with Crippen LogP contribution in [0.15, 0.2) is 18.3 Å². The largest absolute Gasteiger partial charge is 0.392 e. The van der Waals surface area contributed by atoms with E-state index in [1.54, 1.807) is 12.3 Å². The van der Waals surface area contributed by atoms with Gasteiger partial charge in [0.2, 0.25) is 5.88 Å². The summed E-state index contributed by atoms with van der Waals surface area (Å²) >= 11 is 0. The normalized spacial score (nSPS) is 17.7. The molecule has 0 spiro atoms. The summed E-state index contributed by atoms with van der Waals surface area (Å²) in [6.07, 6.45) is 1.62. The van der Waals surface area contributed by atoms with Crippen molar-refractivity contribution >= 4 is 0 Å². The Morgan fingerprint density at radius 2 is 2.20 bits per heavy atom. The van der Waals surface area contributed by atoms with Gasteiger partial charge in [0.05, 0.1) is 6.61 Å². The van der Waals surface area contributed by atoms with E-state index in [0.29, 0.717) is 5.88 Å². The molecule has 0 unspecified atom stereocenters. The number of nitrogens with zero attached hydrogens (tertiary/aromatic N) is 2. The van der Waals surface area contributed by atoms with Crippen LogP contribution in [0.1, 0.15) is 5.56 Å². The van der Waals surface area contributed by atoms with Gasteiger partial charge in [-0.15, -0.1) is 5.06 Å². The van der Waals surface area contributed by atoms with E-state index in [1.807, 2.05) is 11.1 Å². The molecular weight excluding hydrogens is 194 g/mol. The summed E-state index contributed by atoms with van der Waals surface area (Å²) in [4.78, 5) is 9.65. The second-order valence-electron chi connectivity index (χ2n) is 3.43. The first-order chi connectivity index (χ1) is 7.38. The Morgan fingerprint density at radius 1 is 1.40 bits per heavy atom. The maximum atomic E-state index is 8.85. The molecule has 1 aromatic rings. The summed E-state index contributed by atoms with van der Waals surface area (Å²) in [6.45, 7) is 3.62. The summed E-state index contributed by atoms with van der Waals surface area (Å²) in [5, 5.41) is 14.0. The van der Waals surface area contributed by atoms with E-state index in [-0.39, 0.29) is 6.61 Å². The van der Waals surface area contributed by atoms with Gasteiger partial charge in [0.1, 0.15) is 0 Å². The first kappa shape index (κ1) is 10.4. The van der Waals surface area contributed by atoms with Gasteiger partial charge in [-0.05, 0) is 11.6 Å². The fraction of sp³-hybridized carbons (Fsp3) is 0.500. The fourth-order valence-electron chi connectivity index (χ4n) is 1.43. The van der Waals surface area contributed by atoms with Crippen molar-refractivity contribution in [3.63, 3.8) is 0 Å². The van der Waals surface area contributed by atoms with Crippen LogP contribution in [0.2, 0.25) is 0 Å². The Balaban J connectivity index is 1.91. The standard InChI is InChI=1S/C10H15N3O2/c14-8-9-1-2-10(12-7-9)15-13-5-3-11-4-6-13/h1-2,7,11,14H,3-6,8H2. The minimum Gasteiger partial charge on any atom is -0.392 e. The van der Waals surface area contributed by atoms with Gasteiger partial charge in [-0.25, -0.2) is 4.98 Å². The summed E-state index contributed by atoms with van der Waals surface area (Å²) in [5.41, 5.74) is 0.794. The first-order valence-electron chi connectivity index (χ1n) is 5.08. The molecule has 0 aromatic carbocycles. The summed E-state index contributed by atoms with van der Waals surface area (Å²) < 4.78 is 0. The number of aliphatic hydroxyl groups is 1. The van der Waals surface area contributed by atoms with Gasteiger partial charge >= 0.3 is 0 Å². The Hall–Kier alpha value is -1.17. The number of piperazine rings is 1. The smallest absolute Gasteiger partial charge is 0.238 e. The van der Waals surface area contributed by atoms with Crippen molar-refractivity contribution < 1.29 is 9.94 Å². The van der Waals surface area contributed by atoms with Gasteiger partial charge < -0.3 is 15.3 Å². The second kappa shape index (κ2) is 5.06. The van der Waals surface area contributed by atoms with Crippen LogP contribution in [0.3, 0.4) is 0 Å². The number of hydroxylamine groups is 2. The predicted octanol–water partition coefficient (Wildman–Crippen LogP) is -0.227. The maximum Gasteiger partial charge on any atom is 0.238 e. The first-order valence-corrected chi connectivity index (χ1v) is 5.08. The van der Waals surface area contributed by atoms with Gasteiger partial charge in [0, 0.05) is 38.4 Å². The Morgan fingerprint density at radius 3 is 2.80 bits per heavy atom. The Kier molecular flexibility index (Phi) is 3.49. The molecule has 1 aliphatic heterocycles. The molecule has 2 heterocycles. The van der Waals surface area contributed by atoms with Crippen LogP contribution in [0.25, 0.3) is 0 Å². The number of aromatic nitrogens is 1. The predicted molar refractivity (Wildman–Crippen MR) is 55.2 cm³/mol. The van der Waals surface area contributed by atoms with Crippen molar-refractivity contribution in [2.24, 2.45) is 0 Å². The average molecular weight is 209 g/mol. The highest BCUT2D eigenvalue weighted by molar-refractivity contribution is 5.16. The van der Waals surface area contributed by atoms with Gasteiger partial charge in [-0.3, -0.25) is 0 Å². The van der Waals surface area contributed by atoms with Crippen molar-refractivity contribution in [2.45, 2.75) is 6.61 Å². The Labute approximate surface area is 88.6 Å². The average Bonchev–Trinajstić information content (AvgIpc) is 2.31. The molecule has 0 aliphatic carbocycles. The summed E-state index contributed by atoms with van der Waals surface area (Å²) in [7, 11) is 0. The van der Waals surface area contributed by atoms with E-state index in [4.69, 9.17) is 9.94 Å². The highest BCUT2D eigenvalue weighted by Crippen LogP contribution is 2.09. The zero-order chi connectivity index (χ0) is 10.5. The minimum atomic E-state index is 0.0148. The number of rotatable bonds is 3. The van der Waals surface area contributed by atoms with Crippen LogP contribution in [0, 0.1) is 0 Å². The quantitative estimate of drug-likeness (QED) is 0.720. The molecule has 1 saturated heterocycles. The van der Waals surface area contributed by atoms with E-state index in [0.717, 1.165) is 31.7 Å². The third kappa shape index (κ3) is 2.89. The van der Waals surface area contributed by atoms with Crippen LogP contribution in [-0.4, -0.2) is 41.3 Å². The van der Waals surface area contributed by atoms with Crippen LogP contribution in [0.5, 0.6) is 5.88 Å². The molecule has 0 atom stereocenters. The van der Waals surface area contributed by atoms with E-state index in [2.05, 4.69) is 10.3 Å². The third-order valence-electron chi connectivity index (χ3n) is 2.28.